The highest BCUT2D eigenvalue weighted by molar-refractivity contribution is 6.33. The van der Waals surface area contributed by atoms with Crippen molar-refractivity contribution in [2.45, 2.75) is 26.3 Å². The number of rotatable bonds is 7. The molecule has 1 unspecified atom stereocenters. The lowest BCUT2D eigenvalue weighted by Gasteiger charge is -2.24. The second kappa shape index (κ2) is 7.62. The molecule has 1 aromatic rings. The Balaban J connectivity index is 2.83. The molecule has 0 saturated carbocycles. The first kappa shape index (κ1) is 15.3. The van der Waals surface area contributed by atoms with E-state index < -0.39 is 0 Å². The topological polar surface area (TPSA) is 38.5 Å². The van der Waals surface area contributed by atoms with E-state index in [1.165, 1.54) is 5.56 Å². The maximum absolute atomic E-state index is 6.30. The maximum Gasteiger partial charge on any atom is 0.0642 e. The monoisotopic (exact) mass is 270 g/mol. The first-order valence-electron chi connectivity index (χ1n) is 6.38. The van der Waals surface area contributed by atoms with Crippen LogP contribution >= 0.6 is 11.6 Å². The molecule has 1 atom stereocenters. The van der Waals surface area contributed by atoms with E-state index in [0.717, 1.165) is 30.3 Å². The van der Waals surface area contributed by atoms with Gasteiger partial charge >= 0.3 is 0 Å². The van der Waals surface area contributed by atoms with Gasteiger partial charge in [-0.2, -0.15) is 0 Å². The molecule has 0 aromatic heterocycles. The molecule has 0 radical (unpaired) electrons. The Labute approximate surface area is 115 Å². The molecule has 3 nitrogen and oxygen atoms in total. The minimum atomic E-state index is 0.127. The molecule has 2 N–H and O–H groups in total. The summed E-state index contributed by atoms with van der Waals surface area (Å²) in [5.74, 6) is 0. The van der Waals surface area contributed by atoms with Crippen LogP contribution in [-0.4, -0.2) is 32.8 Å². The van der Waals surface area contributed by atoms with Crippen molar-refractivity contribution in [2.24, 2.45) is 5.73 Å². The van der Waals surface area contributed by atoms with Gasteiger partial charge in [0.05, 0.1) is 17.3 Å². The van der Waals surface area contributed by atoms with Gasteiger partial charge in [0.2, 0.25) is 0 Å². The maximum atomic E-state index is 6.30. The molecule has 0 aliphatic carbocycles. The molecule has 1 rings (SSSR count). The van der Waals surface area contributed by atoms with Gasteiger partial charge in [0.25, 0.3) is 0 Å². The van der Waals surface area contributed by atoms with Crippen LogP contribution < -0.4 is 10.6 Å². The highest BCUT2D eigenvalue weighted by Gasteiger charge is 2.12. The Kier molecular flexibility index (Phi) is 6.47. The lowest BCUT2D eigenvalue weighted by molar-refractivity contribution is 0.154. The normalized spacial score (nSPS) is 12.5. The van der Waals surface area contributed by atoms with Gasteiger partial charge in [0, 0.05) is 26.2 Å². The van der Waals surface area contributed by atoms with Crippen LogP contribution in [-0.2, 0) is 11.2 Å². The molecule has 0 bridgehead atoms. The molecule has 0 saturated heterocycles. The van der Waals surface area contributed by atoms with E-state index in [0.29, 0.717) is 6.61 Å². The third-order valence-corrected chi connectivity index (χ3v) is 3.07. The number of nitrogens with two attached hydrogens (primary N) is 1. The van der Waals surface area contributed by atoms with Gasteiger partial charge in [-0.3, -0.25) is 0 Å². The quantitative estimate of drug-likeness (QED) is 0.775. The largest absolute Gasteiger partial charge is 0.380 e. The van der Waals surface area contributed by atoms with Crippen molar-refractivity contribution >= 4 is 17.3 Å². The average Bonchev–Trinajstić information content (AvgIpc) is 2.28. The molecule has 18 heavy (non-hydrogen) atoms. The zero-order valence-electron chi connectivity index (χ0n) is 11.4. The second-order valence-electron chi connectivity index (χ2n) is 4.55. The van der Waals surface area contributed by atoms with Crippen LogP contribution in [0.4, 0.5) is 5.69 Å². The number of nitrogens with zero attached hydrogens (tertiary/aromatic N) is 1. The number of anilines is 1. The predicted molar refractivity (Wildman–Crippen MR) is 78.6 cm³/mol. The Morgan fingerprint density at radius 1 is 1.44 bits per heavy atom. The van der Waals surface area contributed by atoms with Crippen LogP contribution in [0.5, 0.6) is 0 Å². The standard InChI is InChI=1S/C14H23ClN2O/c1-4-18-9-8-17(3)14-12(10-11(2)16)6-5-7-13(14)15/h5-7,11H,4,8-10,16H2,1-3H3. The van der Waals surface area contributed by atoms with Crippen molar-refractivity contribution in [3.8, 4) is 0 Å². The lowest BCUT2D eigenvalue weighted by Crippen LogP contribution is -2.26. The summed E-state index contributed by atoms with van der Waals surface area (Å²) < 4.78 is 5.38. The summed E-state index contributed by atoms with van der Waals surface area (Å²) in [6.07, 6.45) is 0.828. The number of benzene rings is 1. The highest BCUT2D eigenvalue weighted by Crippen LogP contribution is 2.29. The number of halogens is 1. The molecular weight excluding hydrogens is 248 g/mol. The summed E-state index contributed by atoms with van der Waals surface area (Å²) in [6, 6.07) is 6.10. The fourth-order valence-corrected chi connectivity index (χ4v) is 2.30. The number of hydrogen-bond acceptors (Lipinski definition) is 3. The molecule has 0 heterocycles. The van der Waals surface area contributed by atoms with Crippen LogP contribution in [0, 0.1) is 0 Å². The number of para-hydroxylation sites is 1. The lowest BCUT2D eigenvalue weighted by atomic mass is 10.0. The van der Waals surface area contributed by atoms with E-state index in [9.17, 15) is 0 Å². The van der Waals surface area contributed by atoms with Crippen molar-refractivity contribution in [3.63, 3.8) is 0 Å². The molecule has 102 valence electrons. The molecule has 4 heteroatoms. The number of likely N-dealkylation sites (N-methyl/N-ethyl adjacent to an activating group) is 1. The Hall–Kier alpha value is -0.770. The predicted octanol–water partition coefficient (Wildman–Crippen LogP) is 2.70. The van der Waals surface area contributed by atoms with Gasteiger partial charge in [-0.15, -0.1) is 0 Å². The summed E-state index contributed by atoms with van der Waals surface area (Å²) >= 11 is 6.30. The van der Waals surface area contributed by atoms with Crippen LogP contribution in [0.3, 0.4) is 0 Å². The van der Waals surface area contributed by atoms with E-state index in [4.69, 9.17) is 22.1 Å². The summed E-state index contributed by atoms with van der Waals surface area (Å²) in [6.45, 7) is 6.27. The van der Waals surface area contributed by atoms with E-state index in [-0.39, 0.29) is 6.04 Å². The third-order valence-electron chi connectivity index (χ3n) is 2.77. The van der Waals surface area contributed by atoms with Crippen LogP contribution in [0.15, 0.2) is 18.2 Å². The van der Waals surface area contributed by atoms with Crippen LogP contribution in [0.25, 0.3) is 0 Å². The Morgan fingerprint density at radius 3 is 2.78 bits per heavy atom. The first-order chi connectivity index (χ1) is 8.56. The minimum Gasteiger partial charge on any atom is -0.380 e. The molecule has 0 amide bonds. The van der Waals surface area contributed by atoms with Gasteiger partial charge in [0.15, 0.2) is 0 Å². The highest BCUT2D eigenvalue weighted by atomic mass is 35.5. The SMILES string of the molecule is CCOCCN(C)c1c(Cl)cccc1CC(C)N. The van der Waals surface area contributed by atoms with Gasteiger partial charge < -0.3 is 15.4 Å². The minimum absolute atomic E-state index is 0.127. The summed E-state index contributed by atoms with van der Waals surface area (Å²) in [4.78, 5) is 2.13. The van der Waals surface area contributed by atoms with Crippen molar-refractivity contribution in [2.75, 3.05) is 31.7 Å². The molecule has 0 fully saturated rings. The van der Waals surface area contributed by atoms with Gasteiger partial charge in [0.1, 0.15) is 0 Å². The molecule has 0 spiro atoms. The van der Waals surface area contributed by atoms with Gasteiger partial charge in [-0.1, -0.05) is 23.7 Å². The zero-order valence-corrected chi connectivity index (χ0v) is 12.2. The molecule has 1 aromatic carbocycles. The fourth-order valence-electron chi connectivity index (χ4n) is 1.96. The summed E-state index contributed by atoms with van der Waals surface area (Å²) in [7, 11) is 2.03. The molecule has 0 aliphatic rings. The summed E-state index contributed by atoms with van der Waals surface area (Å²) in [5.41, 5.74) is 8.14. The number of ether oxygens (including phenoxy) is 1. The molecular formula is C14H23ClN2O. The van der Waals surface area contributed by atoms with E-state index in [1.807, 2.05) is 33.0 Å². The Bertz CT molecular complexity index is 369. The first-order valence-corrected chi connectivity index (χ1v) is 6.75. The van der Waals surface area contributed by atoms with Gasteiger partial charge in [-0.25, -0.2) is 0 Å². The molecule has 0 aliphatic heterocycles. The van der Waals surface area contributed by atoms with Crippen molar-refractivity contribution in [1.29, 1.82) is 0 Å². The van der Waals surface area contributed by atoms with E-state index >= 15 is 0 Å². The second-order valence-corrected chi connectivity index (χ2v) is 4.95. The van der Waals surface area contributed by atoms with Crippen molar-refractivity contribution in [3.05, 3.63) is 28.8 Å². The van der Waals surface area contributed by atoms with Crippen LogP contribution in [0.1, 0.15) is 19.4 Å². The van der Waals surface area contributed by atoms with E-state index in [2.05, 4.69) is 11.0 Å². The number of hydrogen-bond donors (Lipinski definition) is 1. The smallest absolute Gasteiger partial charge is 0.0642 e. The summed E-state index contributed by atoms with van der Waals surface area (Å²) in [5, 5.41) is 0.771. The van der Waals surface area contributed by atoms with Gasteiger partial charge in [-0.05, 0) is 31.9 Å². The van der Waals surface area contributed by atoms with Crippen molar-refractivity contribution < 1.29 is 4.74 Å². The van der Waals surface area contributed by atoms with E-state index in [1.54, 1.807) is 0 Å². The Morgan fingerprint density at radius 2 is 2.17 bits per heavy atom. The average molecular weight is 271 g/mol. The van der Waals surface area contributed by atoms with Crippen LogP contribution in [0.2, 0.25) is 5.02 Å². The fraction of sp³-hybridized carbons (Fsp3) is 0.571. The third kappa shape index (κ3) is 4.48. The zero-order chi connectivity index (χ0) is 13.5. The van der Waals surface area contributed by atoms with Crippen molar-refractivity contribution in [1.82, 2.24) is 0 Å².